The largest absolute Gasteiger partial charge is 0.383 e. The van der Waals surface area contributed by atoms with Gasteiger partial charge in [0.05, 0.1) is 11.4 Å². The third kappa shape index (κ3) is 1.89. The lowest BCUT2D eigenvalue weighted by atomic mass is 10.1. The molecular formula is C16H16N8. The van der Waals surface area contributed by atoms with E-state index in [2.05, 4.69) is 31.3 Å². The minimum Gasteiger partial charge on any atom is -0.383 e. The van der Waals surface area contributed by atoms with Gasteiger partial charge in [-0.1, -0.05) is 0 Å². The van der Waals surface area contributed by atoms with Crippen LogP contribution in [-0.2, 0) is 0 Å². The highest BCUT2D eigenvalue weighted by molar-refractivity contribution is 5.99. The van der Waals surface area contributed by atoms with Gasteiger partial charge in [0.1, 0.15) is 23.5 Å². The summed E-state index contributed by atoms with van der Waals surface area (Å²) in [4.78, 5) is 16.2. The molecule has 0 amide bonds. The molecule has 1 saturated heterocycles. The Balaban J connectivity index is 1.77. The summed E-state index contributed by atoms with van der Waals surface area (Å²) in [7, 11) is 0. The second kappa shape index (κ2) is 5.00. The Morgan fingerprint density at radius 2 is 2.21 bits per heavy atom. The molecule has 5 heterocycles. The average Bonchev–Trinajstić information content (AvgIpc) is 3.33. The first kappa shape index (κ1) is 13.4. The van der Waals surface area contributed by atoms with E-state index in [1.165, 1.54) is 6.33 Å². The van der Waals surface area contributed by atoms with Crippen molar-refractivity contribution in [3.8, 4) is 11.3 Å². The van der Waals surface area contributed by atoms with Crippen molar-refractivity contribution >= 4 is 27.9 Å². The Morgan fingerprint density at radius 1 is 1.25 bits per heavy atom. The van der Waals surface area contributed by atoms with E-state index in [0.29, 0.717) is 5.82 Å². The van der Waals surface area contributed by atoms with Crippen LogP contribution in [-0.4, -0.2) is 42.8 Å². The molecule has 0 bridgehead atoms. The van der Waals surface area contributed by atoms with E-state index < -0.39 is 0 Å². The van der Waals surface area contributed by atoms with Gasteiger partial charge in [0.25, 0.3) is 0 Å². The zero-order valence-corrected chi connectivity index (χ0v) is 12.9. The number of nitrogens with zero attached hydrogens (tertiary/aromatic N) is 5. The Morgan fingerprint density at radius 3 is 3.08 bits per heavy atom. The maximum Gasteiger partial charge on any atom is 0.164 e. The molecule has 5 rings (SSSR count). The lowest BCUT2D eigenvalue weighted by Crippen LogP contribution is -2.15. The van der Waals surface area contributed by atoms with Crippen molar-refractivity contribution in [2.45, 2.75) is 12.5 Å². The number of hydrogen-bond donors (Lipinski definition) is 3. The Bertz CT molecular complexity index is 1040. The van der Waals surface area contributed by atoms with E-state index >= 15 is 0 Å². The molecule has 1 fully saturated rings. The molecule has 0 aromatic carbocycles. The first-order valence-corrected chi connectivity index (χ1v) is 7.94. The van der Waals surface area contributed by atoms with Gasteiger partial charge in [-0.3, -0.25) is 0 Å². The van der Waals surface area contributed by atoms with Crippen molar-refractivity contribution in [2.75, 3.05) is 18.8 Å². The summed E-state index contributed by atoms with van der Waals surface area (Å²) in [5.41, 5.74) is 9.48. The second-order valence-electron chi connectivity index (χ2n) is 6.04. The minimum absolute atomic E-state index is 0.277. The fourth-order valence-electron chi connectivity index (χ4n) is 3.37. The Hall–Kier alpha value is -3.00. The van der Waals surface area contributed by atoms with E-state index in [9.17, 15) is 0 Å². The van der Waals surface area contributed by atoms with Crippen LogP contribution < -0.4 is 11.1 Å². The summed E-state index contributed by atoms with van der Waals surface area (Å²) in [6.45, 7) is 1.87. The molecule has 4 aromatic heterocycles. The number of aromatic amines is 1. The van der Waals surface area contributed by atoms with Crippen LogP contribution in [0.25, 0.3) is 33.3 Å². The van der Waals surface area contributed by atoms with Gasteiger partial charge >= 0.3 is 0 Å². The van der Waals surface area contributed by atoms with Crippen LogP contribution >= 0.6 is 0 Å². The molecule has 0 radical (unpaired) electrons. The molecule has 1 aliphatic rings. The maximum atomic E-state index is 6.15. The molecule has 1 atom stereocenters. The highest BCUT2D eigenvalue weighted by atomic mass is 15.3. The number of aromatic nitrogens is 6. The number of nitrogens with two attached hydrogens (primary N) is 1. The van der Waals surface area contributed by atoms with Crippen LogP contribution in [0.15, 0.2) is 30.9 Å². The van der Waals surface area contributed by atoms with Gasteiger partial charge in [-0.25, -0.2) is 19.6 Å². The highest BCUT2D eigenvalue weighted by Gasteiger charge is 2.24. The predicted molar refractivity (Wildman–Crippen MR) is 91.3 cm³/mol. The van der Waals surface area contributed by atoms with Crippen LogP contribution in [0.5, 0.6) is 0 Å². The minimum atomic E-state index is 0.277. The van der Waals surface area contributed by atoms with E-state index in [-0.39, 0.29) is 6.04 Å². The Labute approximate surface area is 137 Å². The lowest BCUT2D eigenvalue weighted by Gasteiger charge is -2.09. The smallest absolute Gasteiger partial charge is 0.164 e. The fraction of sp³-hybridized carbons (Fsp3) is 0.250. The van der Waals surface area contributed by atoms with Gasteiger partial charge in [-0.15, -0.1) is 0 Å². The van der Waals surface area contributed by atoms with E-state index in [1.807, 2.05) is 23.1 Å². The van der Waals surface area contributed by atoms with Crippen molar-refractivity contribution in [3.05, 3.63) is 30.9 Å². The van der Waals surface area contributed by atoms with Gasteiger partial charge in [-0.2, -0.15) is 5.10 Å². The summed E-state index contributed by atoms with van der Waals surface area (Å²) in [6.07, 6.45) is 6.20. The number of fused-ring (bicyclic) bond motifs is 2. The van der Waals surface area contributed by atoms with Crippen LogP contribution in [0.2, 0.25) is 0 Å². The van der Waals surface area contributed by atoms with Crippen molar-refractivity contribution in [1.29, 1.82) is 0 Å². The lowest BCUT2D eigenvalue weighted by molar-refractivity contribution is 0.504. The Kier molecular flexibility index (Phi) is 2.80. The summed E-state index contributed by atoms with van der Waals surface area (Å²) < 4.78 is 1.98. The van der Waals surface area contributed by atoms with Crippen LogP contribution in [0.1, 0.15) is 12.5 Å². The van der Waals surface area contributed by atoms with Gasteiger partial charge < -0.3 is 16.0 Å². The number of H-pyrrole nitrogens is 1. The van der Waals surface area contributed by atoms with Gasteiger partial charge in [-0.05, 0) is 25.1 Å². The monoisotopic (exact) mass is 320 g/mol. The van der Waals surface area contributed by atoms with Gasteiger partial charge in [0, 0.05) is 29.9 Å². The third-order valence-electron chi connectivity index (χ3n) is 4.57. The topological polar surface area (TPSA) is 110 Å². The standard InChI is InChI=1S/C16H16N8/c17-14-12-13(10-5-9-1-4-19-15(9)20-6-10)23-24(11-2-3-18-7-11)16(12)22-8-21-14/h1,4-6,8,11,18H,2-3,7H2,(H,19,20)(H2,17,21,22). The normalized spacial score (nSPS) is 17.9. The summed E-state index contributed by atoms with van der Waals surface area (Å²) in [6, 6.07) is 4.33. The van der Waals surface area contributed by atoms with Crippen LogP contribution in [0.3, 0.4) is 0 Å². The quantitative estimate of drug-likeness (QED) is 0.516. The SMILES string of the molecule is Nc1ncnc2c1c(-c1cnc3[nH]ccc3c1)nn2C1CCNC1. The van der Waals surface area contributed by atoms with E-state index in [1.54, 1.807) is 0 Å². The number of nitrogens with one attached hydrogen (secondary N) is 2. The van der Waals surface area contributed by atoms with E-state index in [4.69, 9.17) is 10.8 Å². The fourth-order valence-corrected chi connectivity index (χ4v) is 3.37. The molecule has 120 valence electrons. The zero-order chi connectivity index (χ0) is 16.1. The highest BCUT2D eigenvalue weighted by Crippen LogP contribution is 2.33. The average molecular weight is 320 g/mol. The molecular weight excluding hydrogens is 304 g/mol. The number of hydrogen-bond acceptors (Lipinski definition) is 6. The third-order valence-corrected chi connectivity index (χ3v) is 4.57. The number of anilines is 1. The molecule has 4 N–H and O–H groups in total. The van der Waals surface area contributed by atoms with Crippen molar-refractivity contribution in [2.24, 2.45) is 0 Å². The summed E-state index contributed by atoms with van der Waals surface area (Å²) >= 11 is 0. The zero-order valence-electron chi connectivity index (χ0n) is 12.9. The molecule has 0 spiro atoms. The molecule has 0 aliphatic carbocycles. The first-order chi connectivity index (χ1) is 11.8. The molecule has 8 nitrogen and oxygen atoms in total. The van der Waals surface area contributed by atoms with Crippen LogP contribution in [0.4, 0.5) is 5.82 Å². The van der Waals surface area contributed by atoms with Crippen LogP contribution in [0, 0.1) is 0 Å². The van der Waals surface area contributed by atoms with Gasteiger partial charge in [0.15, 0.2) is 5.65 Å². The molecule has 1 unspecified atom stereocenters. The molecule has 1 aliphatic heterocycles. The van der Waals surface area contributed by atoms with Gasteiger partial charge in [0.2, 0.25) is 0 Å². The number of rotatable bonds is 2. The number of pyridine rings is 1. The number of nitrogen functional groups attached to an aromatic ring is 1. The van der Waals surface area contributed by atoms with Crippen molar-refractivity contribution < 1.29 is 0 Å². The summed E-state index contributed by atoms with van der Waals surface area (Å²) in [5, 5.41) is 10.0. The van der Waals surface area contributed by atoms with Crippen molar-refractivity contribution in [1.82, 2.24) is 35.0 Å². The predicted octanol–water partition coefficient (Wildman–Crippen LogP) is 1.49. The molecule has 0 saturated carbocycles. The van der Waals surface area contributed by atoms with E-state index in [0.717, 1.165) is 52.8 Å². The van der Waals surface area contributed by atoms with Crippen molar-refractivity contribution in [3.63, 3.8) is 0 Å². The second-order valence-corrected chi connectivity index (χ2v) is 6.04. The first-order valence-electron chi connectivity index (χ1n) is 7.94. The molecule has 8 heteroatoms. The molecule has 24 heavy (non-hydrogen) atoms. The molecule has 4 aromatic rings. The maximum absolute atomic E-state index is 6.15. The summed E-state index contributed by atoms with van der Waals surface area (Å²) in [5.74, 6) is 0.446.